The predicted octanol–water partition coefficient (Wildman–Crippen LogP) is 3.42. The molecular formula is C25H27Cl2N5O5S2. The Balaban J connectivity index is 1.37. The van der Waals surface area contributed by atoms with Gasteiger partial charge in [0.2, 0.25) is 5.78 Å². The van der Waals surface area contributed by atoms with E-state index >= 15 is 0 Å². The Morgan fingerprint density at radius 1 is 1.28 bits per heavy atom. The van der Waals surface area contributed by atoms with E-state index in [2.05, 4.69) is 24.4 Å². The molecule has 0 radical (unpaired) electrons. The molecule has 14 heteroatoms. The molecule has 2 aromatic heterocycles. The number of nitrogens with one attached hydrogen (secondary N) is 1. The molecule has 3 heterocycles. The first-order chi connectivity index (χ1) is 18.5. The van der Waals surface area contributed by atoms with Crippen LogP contribution in [0.4, 0.5) is 5.82 Å². The Morgan fingerprint density at radius 3 is 2.85 bits per heavy atom. The van der Waals surface area contributed by atoms with Gasteiger partial charge in [-0.3, -0.25) is 13.9 Å². The molecule has 4 N–H and O–H groups in total. The van der Waals surface area contributed by atoms with Crippen molar-refractivity contribution in [3.8, 4) is 0 Å². The van der Waals surface area contributed by atoms with Crippen LogP contribution in [0, 0.1) is 5.92 Å². The van der Waals surface area contributed by atoms with Gasteiger partial charge in [-0.25, -0.2) is 15.1 Å². The lowest BCUT2D eigenvalue weighted by molar-refractivity contribution is 0.101. The summed E-state index contributed by atoms with van der Waals surface area (Å²) in [6, 6.07) is 7.29. The smallest absolute Gasteiger partial charge is 0.333 e. The van der Waals surface area contributed by atoms with Crippen LogP contribution in [0.2, 0.25) is 9.36 Å². The van der Waals surface area contributed by atoms with Gasteiger partial charge in [-0.15, -0.1) is 11.3 Å². The standard InChI is InChI=1S/C25H27Cl2N5O5S2/c1-32-5-4-13-2-3-15(26)7-17(13)22(32)18-9-21(38-24(18)27)23(34)19-10-29-12-30-25(19)31-16-6-14(20(33)8-16)11-37-39(28,35)36/h2-3,7,9-10,12,14,16,20,22,33H,4-6,8,11H2,1H3,(H2,28,35,36)(H,29,30,31)/t14-,16-,20+,22+/m1/s1. The van der Waals surface area contributed by atoms with Crippen LogP contribution in [0.15, 0.2) is 36.8 Å². The molecule has 0 bridgehead atoms. The molecule has 2 aliphatic rings. The molecule has 1 aromatic carbocycles. The van der Waals surface area contributed by atoms with Gasteiger partial charge in [0, 0.05) is 35.3 Å². The number of ketones is 1. The average molecular weight is 613 g/mol. The van der Waals surface area contributed by atoms with Crippen molar-refractivity contribution in [3.05, 3.63) is 73.3 Å². The van der Waals surface area contributed by atoms with Crippen LogP contribution >= 0.6 is 34.5 Å². The number of carbonyl (C=O) groups excluding carboxylic acids is 1. The van der Waals surface area contributed by atoms with E-state index in [-0.39, 0.29) is 30.0 Å². The molecule has 5 rings (SSSR count). The second-order valence-electron chi connectivity index (χ2n) is 9.85. The van der Waals surface area contributed by atoms with Gasteiger partial charge >= 0.3 is 10.3 Å². The number of anilines is 1. The SMILES string of the molecule is CN1CCc2ccc(Cl)cc2[C@H]1c1cc(C(=O)c2cncnc2N[C@@H]2C[C@H](COS(N)(=O)=O)[C@@H](O)C2)sc1Cl. The van der Waals surface area contributed by atoms with Crippen molar-refractivity contribution in [2.75, 3.05) is 25.5 Å². The number of halogens is 2. The van der Waals surface area contributed by atoms with E-state index < -0.39 is 22.3 Å². The lowest BCUT2D eigenvalue weighted by Gasteiger charge is -2.34. The number of nitrogens with two attached hydrogens (primary N) is 1. The van der Waals surface area contributed by atoms with Crippen LogP contribution in [-0.4, -0.2) is 66.5 Å². The number of fused-ring (bicyclic) bond motifs is 1. The number of rotatable bonds is 8. The predicted molar refractivity (Wildman–Crippen MR) is 150 cm³/mol. The van der Waals surface area contributed by atoms with E-state index in [1.807, 2.05) is 31.3 Å². The van der Waals surface area contributed by atoms with Crippen LogP contribution in [0.5, 0.6) is 0 Å². The molecule has 1 aliphatic carbocycles. The topological polar surface area (TPSA) is 148 Å². The van der Waals surface area contributed by atoms with Gasteiger partial charge in [0.25, 0.3) is 0 Å². The summed E-state index contributed by atoms with van der Waals surface area (Å²) in [7, 11) is -2.09. The van der Waals surface area contributed by atoms with Gasteiger partial charge in [0.15, 0.2) is 0 Å². The summed E-state index contributed by atoms with van der Waals surface area (Å²) in [4.78, 5) is 24.6. The zero-order chi connectivity index (χ0) is 27.9. The van der Waals surface area contributed by atoms with Crippen LogP contribution in [0.3, 0.4) is 0 Å². The second kappa shape index (κ2) is 11.4. The third kappa shape index (κ3) is 6.28. The fourth-order valence-corrected chi connectivity index (χ4v) is 7.14. The number of aromatic nitrogens is 2. The molecule has 0 unspecified atom stereocenters. The summed E-state index contributed by atoms with van der Waals surface area (Å²) in [6.07, 6.45) is 3.60. The van der Waals surface area contributed by atoms with Gasteiger partial charge in [-0.2, -0.15) is 8.42 Å². The maximum atomic E-state index is 13.7. The van der Waals surface area contributed by atoms with Crippen molar-refractivity contribution in [2.45, 2.75) is 37.5 Å². The molecule has 1 aliphatic heterocycles. The van der Waals surface area contributed by atoms with E-state index in [1.165, 1.54) is 29.4 Å². The van der Waals surface area contributed by atoms with Gasteiger partial charge in [0.1, 0.15) is 12.1 Å². The minimum absolute atomic E-state index is 0.140. The van der Waals surface area contributed by atoms with Crippen molar-refractivity contribution >= 4 is 56.4 Å². The maximum absolute atomic E-state index is 13.7. The van der Waals surface area contributed by atoms with Crippen LogP contribution in [0.25, 0.3) is 0 Å². The number of hydrogen-bond donors (Lipinski definition) is 3. The Labute approximate surface area is 240 Å². The monoisotopic (exact) mass is 611 g/mol. The Bertz CT molecular complexity index is 1500. The highest BCUT2D eigenvalue weighted by Crippen LogP contribution is 2.42. The number of thiophene rings is 1. The highest BCUT2D eigenvalue weighted by molar-refractivity contribution is 7.84. The van der Waals surface area contributed by atoms with Crippen molar-refractivity contribution in [3.63, 3.8) is 0 Å². The minimum atomic E-state index is -4.11. The fraction of sp³-hybridized carbons (Fsp3) is 0.400. The Kier molecular flexibility index (Phi) is 8.28. The molecule has 39 heavy (non-hydrogen) atoms. The molecule has 1 fully saturated rings. The lowest BCUT2D eigenvalue weighted by atomic mass is 9.89. The van der Waals surface area contributed by atoms with E-state index in [9.17, 15) is 18.3 Å². The van der Waals surface area contributed by atoms with Crippen molar-refractivity contribution in [1.29, 1.82) is 0 Å². The van der Waals surface area contributed by atoms with E-state index in [4.69, 9.17) is 28.3 Å². The van der Waals surface area contributed by atoms with Crippen molar-refractivity contribution < 1.29 is 22.5 Å². The zero-order valence-corrected chi connectivity index (χ0v) is 24.0. The largest absolute Gasteiger partial charge is 0.393 e. The zero-order valence-electron chi connectivity index (χ0n) is 20.9. The van der Waals surface area contributed by atoms with E-state index in [1.54, 1.807) is 0 Å². The molecule has 208 valence electrons. The number of hydrogen-bond acceptors (Lipinski definition) is 10. The third-order valence-corrected chi connectivity index (χ3v) is 9.30. The van der Waals surface area contributed by atoms with Crippen LogP contribution in [-0.2, 0) is 20.9 Å². The van der Waals surface area contributed by atoms with Gasteiger partial charge < -0.3 is 10.4 Å². The molecule has 4 atom stereocenters. The summed E-state index contributed by atoms with van der Waals surface area (Å²) in [6.45, 7) is 0.611. The summed E-state index contributed by atoms with van der Waals surface area (Å²) in [5.74, 6) is -0.406. The Morgan fingerprint density at radius 2 is 2.08 bits per heavy atom. The molecule has 0 amide bonds. The number of aliphatic hydroxyl groups excluding tert-OH is 1. The number of carbonyl (C=O) groups is 1. The van der Waals surface area contributed by atoms with Gasteiger partial charge in [-0.1, -0.05) is 29.3 Å². The number of benzene rings is 1. The van der Waals surface area contributed by atoms with Crippen LogP contribution < -0.4 is 10.5 Å². The van der Waals surface area contributed by atoms with Crippen molar-refractivity contribution in [1.82, 2.24) is 14.9 Å². The summed E-state index contributed by atoms with van der Waals surface area (Å²) >= 11 is 14.2. The fourth-order valence-electron chi connectivity index (χ4n) is 5.32. The third-order valence-electron chi connectivity index (χ3n) is 7.21. The van der Waals surface area contributed by atoms with Gasteiger partial charge in [-0.05, 0) is 55.6 Å². The summed E-state index contributed by atoms with van der Waals surface area (Å²) in [5.41, 5.74) is 3.37. The quantitative estimate of drug-likeness (QED) is 0.326. The first kappa shape index (κ1) is 28.4. The summed E-state index contributed by atoms with van der Waals surface area (Å²) in [5, 5.41) is 19.1. The highest BCUT2D eigenvalue weighted by atomic mass is 35.5. The minimum Gasteiger partial charge on any atom is -0.393 e. The molecule has 1 saturated carbocycles. The summed E-state index contributed by atoms with van der Waals surface area (Å²) < 4.78 is 27.4. The van der Waals surface area contributed by atoms with Gasteiger partial charge in [0.05, 0.1) is 33.5 Å². The molecule has 10 nitrogen and oxygen atoms in total. The molecule has 0 saturated heterocycles. The number of aliphatic hydroxyl groups is 1. The number of nitrogens with zero attached hydrogens (tertiary/aromatic N) is 3. The maximum Gasteiger partial charge on any atom is 0.333 e. The first-order valence-corrected chi connectivity index (χ1v) is 15.3. The second-order valence-corrected chi connectivity index (χ2v) is 13.2. The number of likely N-dealkylation sites (N-methyl/N-ethyl adjacent to an activating group) is 1. The first-order valence-electron chi connectivity index (χ1n) is 12.2. The average Bonchev–Trinajstić information content (AvgIpc) is 3.43. The van der Waals surface area contributed by atoms with E-state index in [0.717, 1.165) is 24.1 Å². The lowest BCUT2D eigenvalue weighted by Crippen LogP contribution is -2.32. The normalized spacial score (nSPS) is 23.5. The molecule has 3 aromatic rings. The molecular weight excluding hydrogens is 585 g/mol. The molecule has 0 spiro atoms. The van der Waals surface area contributed by atoms with Crippen LogP contribution in [0.1, 0.15) is 50.8 Å². The Hall–Kier alpha value is -2.16. The van der Waals surface area contributed by atoms with E-state index in [0.29, 0.717) is 32.9 Å². The highest BCUT2D eigenvalue weighted by Gasteiger charge is 2.35. The van der Waals surface area contributed by atoms with Crippen molar-refractivity contribution in [2.24, 2.45) is 11.1 Å².